The zero-order valence-electron chi connectivity index (χ0n) is 18.3. The first kappa shape index (κ1) is 22.4. The first-order valence-electron chi connectivity index (χ1n) is 10.2. The minimum atomic E-state index is -0.563. The van der Waals surface area contributed by atoms with Crippen LogP contribution in [0.2, 0.25) is 0 Å². The molecule has 1 aromatic heterocycles. The van der Waals surface area contributed by atoms with Crippen LogP contribution in [0.15, 0.2) is 52.3 Å². The molecule has 0 aliphatic carbocycles. The van der Waals surface area contributed by atoms with E-state index in [9.17, 15) is 10.1 Å². The zero-order valence-corrected chi connectivity index (χ0v) is 19.9. The fraction of sp³-hybridized carbons (Fsp3) is 0.208. The van der Waals surface area contributed by atoms with E-state index in [1.54, 1.807) is 6.07 Å². The molecule has 4 N–H and O–H groups in total. The molecule has 1 unspecified atom stereocenters. The number of halogens is 1. The highest BCUT2D eigenvalue weighted by atomic mass is 79.9. The smallest absolute Gasteiger partial charge is 0.262 e. The van der Waals surface area contributed by atoms with E-state index < -0.39 is 5.92 Å². The van der Waals surface area contributed by atoms with E-state index in [0.717, 1.165) is 27.0 Å². The number of carbonyl (C=O) groups excluding carboxylic acids is 1. The summed E-state index contributed by atoms with van der Waals surface area (Å²) in [5, 5.41) is 19.8. The van der Waals surface area contributed by atoms with Crippen LogP contribution in [0.5, 0.6) is 11.6 Å². The molecule has 0 fully saturated rings. The van der Waals surface area contributed by atoms with Crippen LogP contribution < -0.4 is 20.5 Å². The number of aromatic nitrogens is 2. The Bertz CT molecular complexity index is 1300. The highest BCUT2D eigenvalue weighted by Crippen LogP contribution is 2.46. The molecular formula is C24H22BrN5O3. The average Bonchev–Trinajstić information content (AvgIpc) is 3.14. The van der Waals surface area contributed by atoms with Crippen molar-refractivity contribution in [2.45, 2.75) is 26.7 Å². The van der Waals surface area contributed by atoms with Crippen molar-refractivity contribution in [2.75, 3.05) is 11.9 Å². The van der Waals surface area contributed by atoms with Crippen molar-refractivity contribution in [1.82, 2.24) is 10.2 Å². The Morgan fingerprint density at radius 2 is 2.03 bits per heavy atom. The maximum atomic E-state index is 12.7. The second-order valence-corrected chi connectivity index (χ2v) is 8.69. The van der Waals surface area contributed by atoms with E-state index in [-0.39, 0.29) is 24.0 Å². The molecule has 4 rings (SSSR count). The number of amides is 1. The number of aromatic amines is 1. The fourth-order valence-electron chi connectivity index (χ4n) is 3.92. The molecule has 168 valence electrons. The Kier molecular flexibility index (Phi) is 6.11. The Hall–Kier alpha value is -3.77. The third-order valence-corrected chi connectivity index (χ3v) is 6.01. The molecule has 2 heterocycles. The van der Waals surface area contributed by atoms with Crippen LogP contribution in [-0.4, -0.2) is 22.7 Å². The number of anilines is 1. The van der Waals surface area contributed by atoms with Crippen molar-refractivity contribution in [3.05, 3.63) is 80.3 Å². The predicted molar refractivity (Wildman–Crippen MR) is 127 cm³/mol. The minimum absolute atomic E-state index is 0.0137. The number of allylic oxidation sites excluding steroid dienone is 1. The maximum Gasteiger partial charge on any atom is 0.262 e. The second kappa shape index (κ2) is 9.00. The van der Waals surface area contributed by atoms with Crippen molar-refractivity contribution < 1.29 is 14.3 Å². The summed E-state index contributed by atoms with van der Waals surface area (Å²) in [6, 6.07) is 13.4. The van der Waals surface area contributed by atoms with Gasteiger partial charge in [-0.1, -0.05) is 34.1 Å². The summed E-state index contributed by atoms with van der Waals surface area (Å²) in [5.41, 5.74) is 11.1. The van der Waals surface area contributed by atoms with Crippen molar-refractivity contribution in [2.24, 2.45) is 5.73 Å². The number of hydrogen-bond donors (Lipinski definition) is 3. The molecule has 1 amide bonds. The third-order valence-electron chi connectivity index (χ3n) is 5.52. The molecule has 8 nitrogen and oxygen atoms in total. The molecule has 0 saturated heterocycles. The Labute approximate surface area is 199 Å². The lowest BCUT2D eigenvalue weighted by molar-refractivity contribution is -0.118. The Morgan fingerprint density at radius 1 is 1.30 bits per heavy atom. The van der Waals surface area contributed by atoms with Crippen molar-refractivity contribution in [3.8, 4) is 17.7 Å². The van der Waals surface area contributed by atoms with Crippen molar-refractivity contribution in [3.63, 3.8) is 0 Å². The first-order valence-corrected chi connectivity index (χ1v) is 11.0. The van der Waals surface area contributed by atoms with Crippen LogP contribution >= 0.6 is 15.9 Å². The maximum absolute atomic E-state index is 12.7. The van der Waals surface area contributed by atoms with Crippen LogP contribution in [0.1, 0.15) is 33.9 Å². The summed E-state index contributed by atoms with van der Waals surface area (Å²) in [6.45, 7) is 5.51. The molecule has 1 aliphatic heterocycles. The van der Waals surface area contributed by atoms with E-state index in [0.29, 0.717) is 22.8 Å². The molecule has 0 radical (unpaired) electrons. The number of fused-ring (bicyclic) bond motifs is 1. The van der Waals surface area contributed by atoms with E-state index in [2.05, 4.69) is 37.5 Å². The number of H-pyrrole nitrogens is 1. The van der Waals surface area contributed by atoms with Crippen LogP contribution in [0.4, 0.5) is 5.69 Å². The van der Waals surface area contributed by atoms with Gasteiger partial charge in [-0.25, -0.2) is 0 Å². The Morgan fingerprint density at radius 3 is 2.73 bits per heavy atom. The monoisotopic (exact) mass is 507 g/mol. The quantitative estimate of drug-likeness (QED) is 0.471. The van der Waals surface area contributed by atoms with Gasteiger partial charge >= 0.3 is 0 Å². The average molecular weight is 508 g/mol. The lowest BCUT2D eigenvalue weighted by Crippen LogP contribution is -2.23. The zero-order chi connectivity index (χ0) is 23.7. The van der Waals surface area contributed by atoms with Gasteiger partial charge in [0, 0.05) is 27.0 Å². The van der Waals surface area contributed by atoms with Gasteiger partial charge in [-0.05, 0) is 50.1 Å². The molecule has 0 spiro atoms. The van der Waals surface area contributed by atoms with E-state index in [1.165, 1.54) is 0 Å². The first-order chi connectivity index (χ1) is 15.8. The summed E-state index contributed by atoms with van der Waals surface area (Å²) in [4.78, 5) is 12.7. The number of nitrogens with two attached hydrogens (primary N) is 1. The number of nitrogens with one attached hydrogen (secondary N) is 2. The predicted octanol–water partition coefficient (Wildman–Crippen LogP) is 4.33. The van der Waals surface area contributed by atoms with Gasteiger partial charge in [-0.2, -0.15) is 5.26 Å². The Balaban J connectivity index is 1.66. The van der Waals surface area contributed by atoms with Gasteiger partial charge in [0.05, 0.1) is 5.92 Å². The number of carbonyl (C=O) groups is 1. The normalized spacial score (nSPS) is 14.8. The van der Waals surface area contributed by atoms with Crippen molar-refractivity contribution in [1.29, 1.82) is 5.26 Å². The summed E-state index contributed by atoms with van der Waals surface area (Å²) in [7, 11) is 0. The molecule has 3 aromatic rings. The van der Waals surface area contributed by atoms with E-state index >= 15 is 0 Å². The summed E-state index contributed by atoms with van der Waals surface area (Å²) in [5.74, 6) is -0.0996. The van der Waals surface area contributed by atoms with Gasteiger partial charge in [0.25, 0.3) is 5.91 Å². The lowest BCUT2D eigenvalue weighted by atomic mass is 9.83. The standard InChI is InChI=1S/C24H22BrN5O3/c1-12-5-4-6-13(2)22(12)28-19(31)11-32-18-8-7-15(25)9-16(18)21-17(10-26)23(27)33-24-20(21)14(3)29-30-24/h4-9,21H,11,27H2,1-3H3,(H,28,31)(H,29,30). The molecule has 2 aromatic carbocycles. The van der Waals surface area contributed by atoms with Gasteiger partial charge in [-0.15, -0.1) is 5.10 Å². The summed E-state index contributed by atoms with van der Waals surface area (Å²) < 4.78 is 12.3. The van der Waals surface area contributed by atoms with Gasteiger partial charge in [-0.3, -0.25) is 9.89 Å². The van der Waals surface area contributed by atoms with Crippen molar-refractivity contribution >= 4 is 27.5 Å². The van der Waals surface area contributed by atoms with Crippen LogP contribution in [0.25, 0.3) is 0 Å². The molecule has 33 heavy (non-hydrogen) atoms. The molecular weight excluding hydrogens is 486 g/mol. The van der Waals surface area contributed by atoms with Gasteiger partial charge in [0.1, 0.15) is 17.4 Å². The van der Waals surface area contributed by atoms with Gasteiger partial charge in [0.2, 0.25) is 11.8 Å². The number of aryl methyl sites for hydroxylation is 3. The highest BCUT2D eigenvalue weighted by Gasteiger charge is 2.36. The van der Waals surface area contributed by atoms with Gasteiger partial charge < -0.3 is 20.5 Å². The second-order valence-electron chi connectivity index (χ2n) is 7.78. The fourth-order valence-corrected chi connectivity index (χ4v) is 4.30. The largest absolute Gasteiger partial charge is 0.483 e. The van der Waals surface area contributed by atoms with Crippen LogP contribution in [0, 0.1) is 32.1 Å². The topological polar surface area (TPSA) is 126 Å². The van der Waals surface area contributed by atoms with E-state index in [1.807, 2.05) is 51.1 Å². The van der Waals surface area contributed by atoms with Crippen LogP contribution in [-0.2, 0) is 4.79 Å². The summed E-state index contributed by atoms with van der Waals surface area (Å²) in [6.07, 6.45) is 0. The minimum Gasteiger partial charge on any atom is -0.483 e. The third kappa shape index (κ3) is 4.30. The molecule has 1 aliphatic rings. The molecule has 1 atom stereocenters. The number of hydrogen-bond acceptors (Lipinski definition) is 6. The number of rotatable bonds is 5. The SMILES string of the molecule is Cc1cccc(C)c1NC(=O)COc1ccc(Br)cc1C1C(C#N)=C(N)Oc2n[nH]c(C)c21. The number of nitriles is 1. The number of benzene rings is 2. The molecule has 0 bridgehead atoms. The van der Waals surface area contributed by atoms with E-state index in [4.69, 9.17) is 15.2 Å². The molecule has 0 saturated carbocycles. The van der Waals surface area contributed by atoms with Gasteiger partial charge in [0.15, 0.2) is 6.61 Å². The molecule has 9 heteroatoms. The summed E-state index contributed by atoms with van der Waals surface area (Å²) >= 11 is 3.49. The number of nitrogens with zero attached hydrogens (tertiary/aromatic N) is 2. The van der Waals surface area contributed by atoms with Crippen LogP contribution in [0.3, 0.4) is 0 Å². The lowest BCUT2D eigenvalue weighted by Gasteiger charge is -2.25. The number of ether oxygens (including phenoxy) is 2. The highest BCUT2D eigenvalue weighted by molar-refractivity contribution is 9.10. The number of para-hydroxylation sites is 1.